The number of aromatic nitrogens is 1. The molecular weight excluding hydrogens is 338 g/mol. The molecule has 0 radical (unpaired) electrons. The van der Waals surface area contributed by atoms with Crippen LogP contribution in [0.1, 0.15) is 21.6 Å². The van der Waals surface area contributed by atoms with E-state index in [1.807, 2.05) is 25.1 Å². The zero-order valence-electron chi connectivity index (χ0n) is 15.4. The van der Waals surface area contributed by atoms with Gasteiger partial charge in [-0.05, 0) is 36.8 Å². The highest BCUT2D eigenvalue weighted by molar-refractivity contribution is 5.92. The van der Waals surface area contributed by atoms with Gasteiger partial charge in [-0.2, -0.15) is 0 Å². The third kappa shape index (κ3) is 3.78. The number of hydrogen-bond acceptors (Lipinski definition) is 4. The Kier molecular flexibility index (Phi) is 4.77. The zero-order chi connectivity index (χ0) is 18.8. The fourth-order valence-corrected chi connectivity index (χ4v) is 3.71. The molecule has 1 aliphatic heterocycles. The van der Waals surface area contributed by atoms with Gasteiger partial charge in [0.1, 0.15) is 0 Å². The molecule has 0 amide bonds. The van der Waals surface area contributed by atoms with Crippen molar-refractivity contribution in [3.63, 3.8) is 0 Å². The minimum atomic E-state index is -0.880. The van der Waals surface area contributed by atoms with Crippen LogP contribution in [0.15, 0.2) is 54.6 Å². The monoisotopic (exact) mass is 361 g/mol. The molecule has 1 aliphatic rings. The third-order valence-electron chi connectivity index (χ3n) is 5.14. The molecule has 1 fully saturated rings. The molecule has 1 N–H and O–H groups in total. The van der Waals surface area contributed by atoms with Crippen molar-refractivity contribution in [2.75, 3.05) is 31.1 Å². The van der Waals surface area contributed by atoms with Crippen molar-refractivity contribution in [1.29, 1.82) is 0 Å². The average molecular weight is 361 g/mol. The first-order valence-electron chi connectivity index (χ1n) is 9.26. The summed E-state index contributed by atoms with van der Waals surface area (Å²) < 4.78 is 0. The second kappa shape index (κ2) is 7.37. The van der Waals surface area contributed by atoms with Gasteiger partial charge in [0.05, 0.1) is 11.1 Å². The molecule has 0 saturated carbocycles. The van der Waals surface area contributed by atoms with E-state index in [4.69, 9.17) is 5.11 Å². The molecule has 0 atom stereocenters. The van der Waals surface area contributed by atoms with Crippen LogP contribution in [0.3, 0.4) is 0 Å². The number of rotatable bonds is 4. The topological polar surface area (TPSA) is 56.7 Å². The summed E-state index contributed by atoms with van der Waals surface area (Å²) in [6, 6.07) is 17.7. The van der Waals surface area contributed by atoms with Crippen LogP contribution < -0.4 is 4.90 Å². The van der Waals surface area contributed by atoms with Crippen molar-refractivity contribution in [1.82, 2.24) is 9.88 Å². The molecule has 0 bridgehead atoms. The highest BCUT2D eigenvalue weighted by Gasteiger charge is 2.19. The number of piperazine rings is 1. The van der Waals surface area contributed by atoms with Gasteiger partial charge in [-0.25, -0.2) is 4.79 Å². The van der Waals surface area contributed by atoms with Crippen LogP contribution in [0.4, 0.5) is 5.69 Å². The van der Waals surface area contributed by atoms with Crippen LogP contribution in [0, 0.1) is 6.92 Å². The molecule has 2 aromatic carbocycles. The fourth-order valence-electron chi connectivity index (χ4n) is 3.71. The third-order valence-corrected chi connectivity index (χ3v) is 5.14. The summed E-state index contributed by atoms with van der Waals surface area (Å²) in [5.41, 5.74) is 4.85. The Morgan fingerprint density at radius 1 is 1.04 bits per heavy atom. The van der Waals surface area contributed by atoms with Crippen molar-refractivity contribution in [3.05, 3.63) is 71.4 Å². The fraction of sp³-hybridized carbons (Fsp3) is 0.273. The first-order valence-corrected chi connectivity index (χ1v) is 9.26. The predicted molar refractivity (Wildman–Crippen MR) is 107 cm³/mol. The smallest absolute Gasteiger partial charge is 0.335 e. The quantitative estimate of drug-likeness (QED) is 0.770. The van der Waals surface area contributed by atoms with Crippen molar-refractivity contribution in [2.45, 2.75) is 13.5 Å². The zero-order valence-corrected chi connectivity index (χ0v) is 15.4. The minimum absolute atomic E-state index is 0.337. The summed E-state index contributed by atoms with van der Waals surface area (Å²) in [6.45, 7) is 6.81. The van der Waals surface area contributed by atoms with Gasteiger partial charge in [0.25, 0.3) is 0 Å². The van der Waals surface area contributed by atoms with E-state index in [0.29, 0.717) is 5.56 Å². The van der Waals surface area contributed by atoms with Crippen LogP contribution in [0.25, 0.3) is 10.9 Å². The van der Waals surface area contributed by atoms with Gasteiger partial charge in [-0.15, -0.1) is 0 Å². The number of carbonyl (C=O) groups is 1. The van der Waals surface area contributed by atoms with Crippen molar-refractivity contribution in [3.8, 4) is 0 Å². The normalized spacial score (nSPS) is 15.2. The molecule has 0 unspecified atom stereocenters. The summed E-state index contributed by atoms with van der Waals surface area (Å²) in [5, 5.41) is 10.2. The van der Waals surface area contributed by atoms with Gasteiger partial charge in [-0.3, -0.25) is 9.88 Å². The molecule has 2 heterocycles. The Balaban J connectivity index is 1.44. The second-order valence-electron chi connectivity index (χ2n) is 7.07. The largest absolute Gasteiger partial charge is 0.478 e. The van der Waals surface area contributed by atoms with E-state index >= 15 is 0 Å². The Hall–Kier alpha value is -2.92. The van der Waals surface area contributed by atoms with E-state index < -0.39 is 5.97 Å². The number of para-hydroxylation sites is 1. The highest BCUT2D eigenvalue weighted by atomic mass is 16.4. The van der Waals surface area contributed by atoms with E-state index in [0.717, 1.165) is 49.5 Å². The van der Waals surface area contributed by atoms with Crippen LogP contribution >= 0.6 is 0 Å². The van der Waals surface area contributed by atoms with E-state index in [-0.39, 0.29) is 0 Å². The number of pyridine rings is 1. The lowest BCUT2D eigenvalue weighted by atomic mass is 10.1. The standard InChI is InChI=1S/C22H23N3O2/c1-16-14-21(19-4-2-3-5-20(19)23-16)25-12-10-24(11-13-25)15-17-6-8-18(9-7-17)22(26)27/h2-9,14H,10-13,15H2,1H3,(H,26,27). The molecule has 138 valence electrons. The molecular formula is C22H23N3O2. The van der Waals surface area contributed by atoms with Gasteiger partial charge in [0, 0.05) is 49.5 Å². The second-order valence-corrected chi connectivity index (χ2v) is 7.07. The molecule has 1 saturated heterocycles. The predicted octanol–water partition coefficient (Wildman–Crippen LogP) is 3.56. The summed E-state index contributed by atoms with van der Waals surface area (Å²) in [5.74, 6) is -0.880. The number of anilines is 1. The molecule has 0 spiro atoms. The molecule has 3 aromatic rings. The Labute approximate surface area is 158 Å². The van der Waals surface area contributed by atoms with Gasteiger partial charge in [-0.1, -0.05) is 30.3 Å². The van der Waals surface area contributed by atoms with Crippen LogP contribution in [-0.2, 0) is 6.54 Å². The van der Waals surface area contributed by atoms with Crippen molar-refractivity contribution >= 4 is 22.6 Å². The summed E-state index contributed by atoms with van der Waals surface area (Å²) in [6.07, 6.45) is 0. The number of aryl methyl sites for hydroxylation is 1. The molecule has 5 nitrogen and oxygen atoms in total. The number of fused-ring (bicyclic) bond motifs is 1. The SMILES string of the molecule is Cc1cc(N2CCN(Cc3ccc(C(=O)O)cc3)CC2)c2ccccc2n1. The van der Waals surface area contributed by atoms with Crippen molar-refractivity contribution < 1.29 is 9.90 Å². The first kappa shape index (κ1) is 17.5. The minimum Gasteiger partial charge on any atom is -0.478 e. The van der Waals surface area contributed by atoms with Crippen LogP contribution in [-0.4, -0.2) is 47.1 Å². The van der Waals surface area contributed by atoms with Gasteiger partial charge < -0.3 is 10.0 Å². The molecule has 1 aromatic heterocycles. The highest BCUT2D eigenvalue weighted by Crippen LogP contribution is 2.27. The number of nitrogens with zero attached hydrogens (tertiary/aromatic N) is 3. The number of aromatic carboxylic acids is 1. The number of benzene rings is 2. The van der Waals surface area contributed by atoms with Gasteiger partial charge in [0.15, 0.2) is 0 Å². The molecule has 4 rings (SSSR count). The van der Waals surface area contributed by atoms with E-state index in [2.05, 4.69) is 39.0 Å². The van der Waals surface area contributed by atoms with E-state index in [1.54, 1.807) is 12.1 Å². The number of carboxylic acids is 1. The maximum absolute atomic E-state index is 11.0. The lowest BCUT2D eigenvalue weighted by molar-refractivity contribution is 0.0697. The Bertz CT molecular complexity index is 961. The number of carboxylic acid groups (broad SMARTS) is 1. The molecule has 27 heavy (non-hydrogen) atoms. The Morgan fingerprint density at radius 2 is 1.74 bits per heavy atom. The van der Waals surface area contributed by atoms with Gasteiger partial charge >= 0.3 is 5.97 Å². The maximum atomic E-state index is 11.0. The summed E-state index contributed by atoms with van der Waals surface area (Å²) >= 11 is 0. The maximum Gasteiger partial charge on any atom is 0.335 e. The van der Waals surface area contributed by atoms with Crippen LogP contribution in [0.5, 0.6) is 0 Å². The van der Waals surface area contributed by atoms with Gasteiger partial charge in [0.2, 0.25) is 0 Å². The molecule has 5 heteroatoms. The van der Waals surface area contributed by atoms with Crippen LogP contribution in [0.2, 0.25) is 0 Å². The van der Waals surface area contributed by atoms with E-state index in [9.17, 15) is 4.79 Å². The summed E-state index contributed by atoms with van der Waals surface area (Å²) in [4.78, 5) is 20.5. The lowest BCUT2D eigenvalue weighted by Crippen LogP contribution is -2.46. The summed E-state index contributed by atoms with van der Waals surface area (Å²) in [7, 11) is 0. The molecule has 0 aliphatic carbocycles. The van der Waals surface area contributed by atoms with E-state index in [1.165, 1.54) is 11.1 Å². The average Bonchev–Trinajstić information content (AvgIpc) is 2.68. The lowest BCUT2D eigenvalue weighted by Gasteiger charge is -2.36. The number of hydrogen-bond donors (Lipinski definition) is 1. The first-order chi connectivity index (χ1) is 13.1. The van der Waals surface area contributed by atoms with Crippen molar-refractivity contribution in [2.24, 2.45) is 0 Å². The Morgan fingerprint density at radius 3 is 2.44 bits per heavy atom.